The topological polar surface area (TPSA) is 35.5 Å². The van der Waals surface area contributed by atoms with Gasteiger partial charge in [0.2, 0.25) is 0 Å². The fourth-order valence-corrected chi connectivity index (χ4v) is 2.58. The van der Waals surface area contributed by atoms with Gasteiger partial charge in [-0.25, -0.2) is 0 Å². The first-order chi connectivity index (χ1) is 8.48. The molecule has 2 rings (SSSR count). The third-order valence-corrected chi connectivity index (χ3v) is 3.80. The zero-order valence-corrected chi connectivity index (χ0v) is 11.6. The molecule has 0 unspecified atom stereocenters. The Balaban J connectivity index is 2.47. The van der Waals surface area contributed by atoms with E-state index in [1.165, 1.54) is 0 Å². The Hall–Kier alpha value is -1.06. The number of aryl methyl sites for hydroxylation is 1. The fourth-order valence-electron chi connectivity index (χ4n) is 2.42. The molecule has 0 spiro atoms. The number of carbonyl (C=O) groups is 1. The van der Waals surface area contributed by atoms with Crippen LogP contribution in [0.2, 0.25) is 5.02 Å². The van der Waals surface area contributed by atoms with Crippen molar-refractivity contribution in [3.63, 3.8) is 0 Å². The first kappa shape index (κ1) is 13.4. The fraction of sp³-hybridized carbons (Fsp3) is 0.500. The van der Waals surface area contributed by atoms with E-state index in [0.29, 0.717) is 24.7 Å². The zero-order chi connectivity index (χ0) is 13.3. The zero-order valence-electron chi connectivity index (χ0n) is 10.9. The SMILES string of the molecule is COc1cc(C)c(Cl)cc1C1(CC(C)=O)COC1. The van der Waals surface area contributed by atoms with Crippen molar-refractivity contribution in [1.29, 1.82) is 0 Å². The molecule has 0 atom stereocenters. The number of rotatable bonds is 4. The van der Waals surface area contributed by atoms with Gasteiger partial charge in [-0.05, 0) is 31.5 Å². The highest BCUT2D eigenvalue weighted by Crippen LogP contribution is 2.42. The van der Waals surface area contributed by atoms with Crippen molar-refractivity contribution in [3.05, 3.63) is 28.3 Å². The minimum absolute atomic E-state index is 0.150. The Kier molecular flexibility index (Phi) is 3.64. The highest BCUT2D eigenvalue weighted by Gasteiger charge is 2.43. The number of Topliss-reactive ketones (excluding diaryl/α,β-unsaturated/α-hetero) is 1. The largest absolute Gasteiger partial charge is 0.496 e. The highest BCUT2D eigenvalue weighted by atomic mass is 35.5. The lowest BCUT2D eigenvalue weighted by Crippen LogP contribution is -2.48. The molecule has 0 aromatic heterocycles. The van der Waals surface area contributed by atoms with Crippen LogP contribution >= 0.6 is 11.6 Å². The summed E-state index contributed by atoms with van der Waals surface area (Å²) < 4.78 is 10.7. The summed E-state index contributed by atoms with van der Waals surface area (Å²) in [5.74, 6) is 0.929. The van der Waals surface area contributed by atoms with Crippen molar-refractivity contribution >= 4 is 17.4 Å². The summed E-state index contributed by atoms with van der Waals surface area (Å²) in [4.78, 5) is 11.4. The standard InChI is InChI=1S/C14H17ClO3/c1-9-4-13(17-3)11(5-12(9)15)14(6-10(2)16)7-18-8-14/h4-5H,6-8H2,1-3H3. The number of hydrogen-bond donors (Lipinski definition) is 0. The average Bonchev–Trinajstić information content (AvgIpc) is 2.26. The van der Waals surface area contributed by atoms with Crippen molar-refractivity contribution < 1.29 is 14.3 Å². The number of ketones is 1. The predicted molar refractivity (Wildman–Crippen MR) is 70.5 cm³/mol. The quantitative estimate of drug-likeness (QED) is 0.842. The van der Waals surface area contributed by atoms with Crippen LogP contribution in [0.4, 0.5) is 0 Å². The van der Waals surface area contributed by atoms with Gasteiger partial charge >= 0.3 is 0 Å². The third-order valence-electron chi connectivity index (χ3n) is 3.40. The van der Waals surface area contributed by atoms with Crippen LogP contribution < -0.4 is 4.74 Å². The summed E-state index contributed by atoms with van der Waals surface area (Å²) in [5, 5.41) is 0.695. The van der Waals surface area contributed by atoms with E-state index in [1.807, 2.05) is 19.1 Å². The molecule has 0 radical (unpaired) electrons. The molecule has 18 heavy (non-hydrogen) atoms. The molecule has 1 heterocycles. The number of benzene rings is 1. The van der Waals surface area contributed by atoms with E-state index in [0.717, 1.165) is 16.9 Å². The lowest BCUT2D eigenvalue weighted by Gasteiger charge is -2.42. The van der Waals surface area contributed by atoms with Crippen molar-refractivity contribution in [3.8, 4) is 5.75 Å². The Morgan fingerprint density at radius 1 is 1.50 bits per heavy atom. The van der Waals surface area contributed by atoms with Gasteiger partial charge in [0.1, 0.15) is 11.5 Å². The minimum atomic E-state index is -0.269. The molecule has 1 saturated heterocycles. The molecular formula is C14H17ClO3. The molecule has 0 aliphatic carbocycles. The van der Waals surface area contributed by atoms with E-state index in [-0.39, 0.29) is 11.2 Å². The Morgan fingerprint density at radius 3 is 2.61 bits per heavy atom. The van der Waals surface area contributed by atoms with Crippen LogP contribution in [-0.2, 0) is 14.9 Å². The van der Waals surface area contributed by atoms with Gasteiger partial charge in [0.05, 0.1) is 25.7 Å². The summed E-state index contributed by atoms with van der Waals surface area (Å²) in [6, 6.07) is 3.82. The van der Waals surface area contributed by atoms with E-state index in [1.54, 1.807) is 14.0 Å². The molecule has 1 aliphatic rings. The van der Waals surface area contributed by atoms with Crippen molar-refractivity contribution in [2.45, 2.75) is 25.7 Å². The van der Waals surface area contributed by atoms with Crippen LogP contribution in [0.1, 0.15) is 24.5 Å². The van der Waals surface area contributed by atoms with Gasteiger partial charge in [-0.1, -0.05) is 11.6 Å². The number of ether oxygens (including phenoxy) is 2. The molecular weight excluding hydrogens is 252 g/mol. The summed E-state index contributed by atoms with van der Waals surface area (Å²) in [7, 11) is 1.63. The van der Waals surface area contributed by atoms with Crippen LogP contribution in [0.5, 0.6) is 5.75 Å². The Bertz CT molecular complexity index is 478. The molecule has 0 N–H and O–H groups in total. The minimum Gasteiger partial charge on any atom is -0.496 e. The number of methoxy groups -OCH3 is 1. The molecule has 1 aliphatic heterocycles. The molecule has 98 valence electrons. The maximum absolute atomic E-state index is 11.4. The number of carbonyl (C=O) groups excluding carboxylic acids is 1. The summed E-state index contributed by atoms with van der Waals surface area (Å²) in [6.45, 7) is 4.62. The van der Waals surface area contributed by atoms with Crippen LogP contribution in [-0.4, -0.2) is 26.1 Å². The maximum atomic E-state index is 11.4. The van der Waals surface area contributed by atoms with Gasteiger partial charge < -0.3 is 9.47 Å². The predicted octanol–water partition coefficient (Wildman–Crippen LogP) is 2.90. The molecule has 0 saturated carbocycles. The van der Waals surface area contributed by atoms with Crippen LogP contribution in [0.3, 0.4) is 0 Å². The monoisotopic (exact) mass is 268 g/mol. The van der Waals surface area contributed by atoms with Gasteiger partial charge in [-0.15, -0.1) is 0 Å². The van der Waals surface area contributed by atoms with Crippen LogP contribution in [0, 0.1) is 6.92 Å². The van der Waals surface area contributed by atoms with Crippen molar-refractivity contribution in [1.82, 2.24) is 0 Å². The lowest BCUT2D eigenvalue weighted by atomic mass is 9.74. The molecule has 4 heteroatoms. The maximum Gasteiger partial charge on any atom is 0.130 e. The second-order valence-electron chi connectivity index (χ2n) is 4.95. The second kappa shape index (κ2) is 4.90. The highest BCUT2D eigenvalue weighted by molar-refractivity contribution is 6.31. The van der Waals surface area contributed by atoms with Crippen LogP contribution in [0.15, 0.2) is 12.1 Å². The summed E-state index contributed by atoms with van der Waals surface area (Å²) in [5.41, 5.74) is 1.67. The summed E-state index contributed by atoms with van der Waals surface area (Å²) in [6.07, 6.45) is 0.461. The second-order valence-corrected chi connectivity index (χ2v) is 5.36. The molecule has 1 fully saturated rings. The molecule has 1 aromatic rings. The smallest absolute Gasteiger partial charge is 0.130 e. The normalized spacial score (nSPS) is 17.1. The van der Waals surface area contributed by atoms with E-state index < -0.39 is 0 Å². The van der Waals surface area contributed by atoms with Crippen molar-refractivity contribution in [2.75, 3.05) is 20.3 Å². The molecule has 0 amide bonds. The Labute approximate surface area is 112 Å². The lowest BCUT2D eigenvalue weighted by molar-refractivity contribution is -0.125. The molecule has 1 aromatic carbocycles. The molecule has 0 bridgehead atoms. The van der Waals surface area contributed by atoms with E-state index in [4.69, 9.17) is 21.1 Å². The number of hydrogen-bond acceptors (Lipinski definition) is 3. The van der Waals surface area contributed by atoms with E-state index in [9.17, 15) is 4.79 Å². The van der Waals surface area contributed by atoms with Gasteiger partial charge in [-0.3, -0.25) is 4.79 Å². The first-order valence-corrected chi connectivity index (χ1v) is 6.28. The van der Waals surface area contributed by atoms with Gasteiger partial charge in [0.25, 0.3) is 0 Å². The first-order valence-electron chi connectivity index (χ1n) is 5.90. The Morgan fingerprint density at radius 2 is 2.17 bits per heavy atom. The van der Waals surface area contributed by atoms with Crippen LogP contribution in [0.25, 0.3) is 0 Å². The van der Waals surface area contributed by atoms with Gasteiger partial charge in [0.15, 0.2) is 0 Å². The summed E-state index contributed by atoms with van der Waals surface area (Å²) >= 11 is 6.19. The average molecular weight is 269 g/mol. The molecule has 3 nitrogen and oxygen atoms in total. The third kappa shape index (κ3) is 2.25. The van der Waals surface area contributed by atoms with Gasteiger partial charge in [0, 0.05) is 17.0 Å². The van der Waals surface area contributed by atoms with E-state index in [2.05, 4.69) is 0 Å². The van der Waals surface area contributed by atoms with Gasteiger partial charge in [-0.2, -0.15) is 0 Å². The van der Waals surface area contributed by atoms with Crippen molar-refractivity contribution in [2.24, 2.45) is 0 Å². The van der Waals surface area contributed by atoms with E-state index >= 15 is 0 Å². The number of halogens is 1.